The molecule has 170 valence electrons. The lowest BCUT2D eigenvalue weighted by atomic mass is 10.0. The minimum absolute atomic E-state index is 0.0209. The van der Waals surface area contributed by atoms with E-state index in [2.05, 4.69) is 20.4 Å². The average molecular weight is 485 g/mol. The molecule has 0 amide bonds. The third kappa shape index (κ3) is 3.81. The number of pyridine rings is 1. The van der Waals surface area contributed by atoms with E-state index in [1.807, 2.05) is 0 Å². The van der Waals surface area contributed by atoms with Crippen LogP contribution in [-0.2, 0) is 10.0 Å². The minimum atomic E-state index is -3.37. The summed E-state index contributed by atoms with van der Waals surface area (Å²) >= 11 is 5.75. The van der Waals surface area contributed by atoms with E-state index < -0.39 is 33.8 Å². The molecule has 1 saturated heterocycles. The molecule has 3 aromatic rings. The number of halogens is 3. The minimum Gasteiger partial charge on any atom is -0.390 e. The van der Waals surface area contributed by atoms with Gasteiger partial charge >= 0.3 is 0 Å². The lowest BCUT2D eigenvalue weighted by Crippen LogP contribution is -2.52. The fraction of sp³-hybridized carbons (Fsp3) is 0.421. The number of hydrogen-bond donors (Lipinski definition) is 2. The van der Waals surface area contributed by atoms with E-state index in [4.69, 9.17) is 11.6 Å². The standard InChI is InChI=1S/C19H19ClF2N6O3S/c20-10-5-13(22)18(23-7-10)15-6-12(21)16-8-24-19(26-28(15)16)25-14-3-4-27(9-17(14)29)32(30,31)11-1-2-11/h5-8,11,14,17,29H,1-4,9H2,(H,25,26)/t14-,17-/m1/s1. The summed E-state index contributed by atoms with van der Waals surface area (Å²) < 4.78 is 56.1. The van der Waals surface area contributed by atoms with E-state index in [9.17, 15) is 22.3 Å². The van der Waals surface area contributed by atoms with E-state index >= 15 is 0 Å². The fourth-order valence-corrected chi connectivity index (χ4v) is 5.85. The highest BCUT2D eigenvalue weighted by Crippen LogP contribution is 2.33. The van der Waals surface area contributed by atoms with Gasteiger partial charge in [-0.25, -0.2) is 31.7 Å². The molecule has 1 saturated carbocycles. The molecule has 4 heterocycles. The van der Waals surface area contributed by atoms with Crippen LogP contribution < -0.4 is 5.32 Å². The largest absolute Gasteiger partial charge is 0.390 e. The molecule has 2 fully saturated rings. The number of nitrogens with one attached hydrogen (secondary N) is 1. The highest BCUT2D eigenvalue weighted by molar-refractivity contribution is 7.90. The number of β-amino-alcohol motifs (C(OH)–C–C–N with tert-alkyl or cyclic N) is 1. The van der Waals surface area contributed by atoms with Crippen molar-refractivity contribution in [2.75, 3.05) is 18.4 Å². The molecule has 2 atom stereocenters. The van der Waals surface area contributed by atoms with Gasteiger partial charge in [-0.15, -0.1) is 5.10 Å². The van der Waals surface area contributed by atoms with Crippen molar-refractivity contribution in [3.8, 4) is 11.4 Å². The molecule has 1 aliphatic heterocycles. The zero-order chi connectivity index (χ0) is 22.6. The summed E-state index contributed by atoms with van der Waals surface area (Å²) in [7, 11) is -3.37. The Morgan fingerprint density at radius 3 is 2.59 bits per heavy atom. The van der Waals surface area contributed by atoms with Crippen LogP contribution in [0.15, 0.2) is 24.5 Å². The SMILES string of the molecule is O=S(=O)(C1CC1)N1CC[C@@H](Nc2ncc3c(F)cc(-c4ncc(Cl)cc4F)n3n2)[C@H](O)C1. The summed E-state index contributed by atoms with van der Waals surface area (Å²) in [5.41, 5.74) is -0.0350. The smallest absolute Gasteiger partial charge is 0.241 e. The second-order valence-corrected chi connectivity index (χ2v) is 10.6. The number of piperidine rings is 1. The molecule has 0 spiro atoms. The van der Waals surface area contributed by atoms with Crippen LogP contribution in [0.4, 0.5) is 14.7 Å². The van der Waals surface area contributed by atoms with Crippen molar-refractivity contribution < 1.29 is 22.3 Å². The van der Waals surface area contributed by atoms with Crippen molar-refractivity contribution in [3.05, 3.63) is 41.2 Å². The molecule has 32 heavy (non-hydrogen) atoms. The lowest BCUT2D eigenvalue weighted by molar-refractivity contribution is 0.0946. The topological polar surface area (TPSA) is 113 Å². The van der Waals surface area contributed by atoms with Gasteiger partial charge in [0.05, 0.1) is 34.3 Å². The van der Waals surface area contributed by atoms with Crippen LogP contribution in [0, 0.1) is 11.6 Å². The van der Waals surface area contributed by atoms with Gasteiger partial charge in [-0.1, -0.05) is 11.6 Å². The first-order chi connectivity index (χ1) is 15.2. The quantitative estimate of drug-likeness (QED) is 0.570. The molecular formula is C19H19ClF2N6O3S. The summed E-state index contributed by atoms with van der Waals surface area (Å²) in [6.07, 6.45) is 3.16. The Morgan fingerprint density at radius 1 is 1.12 bits per heavy atom. The van der Waals surface area contributed by atoms with Crippen LogP contribution >= 0.6 is 11.6 Å². The van der Waals surface area contributed by atoms with Gasteiger partial charge in [0.2, 0.25) is 16.0 Å². The Bertz CT molecular complexity index is 1300. The molecule has 2 aliphatic rings. The van der Waals surface area contributed by atoms with Crippen molar-refractivity contribution in [1.29, 1.82) is 0 Å². The lowest BCUT2D eigenvalue weighted by Gasteiger charge is -2.35. The van der Waals surface area contributed by atoms with Crippen molar-refractivity contribution in [3.63, 3.8) is 0 Å². The number of nitrogens with zero attached hydrogens (tertiary/aromatic N) is 5. The highest BCUT2D eigenvalue weighted by Gasteiger charge is 2.43. The molecule has 0 radical (unpaired) electrons. The average Bonchev–Trinajstić information content (AvgIpc) is 3.55. The van der Waals surface area contributed by atoms with E-state index in [0.29, 0.717) is 19.3 Å². The Balaban J connectivity index is 1.40. The van der Waals surface area contributed by atoms with Crippen molar-refractivity contribution in [2.24, 2.45) is 0 Å². The number of rotatable bonds is 5. The van der Waals surface area contributed by atoms with Gasteiger partial charge in [-0.05, 0) is 25.3 Å². The maximum Gasteiger partial charge on any atom is 0.241 e. The number of aliphatic hydroxyl groups is 1. The zero-order valence-electron chi connectivity index (χ0n) is 16.6. The number of aromatic nitrogens is 4. The second-order valence-electron chi connectivity index (χ2n) is 7.95. The van der Waals surface area contributed by atoms with Gasteiger partial charge in [0.1, 0.15) is 11.2 Å². The predicted molar refractivity (Wildman–Crippen MR) is 113 cm³/mol. The van der Waals surface area contributed by atoms with Gasteiger partial charge in [-0.3, -0.25) is 0 Å². The van der Waals surface area contributed by atoms with Gasteiger partial charge < -0.3 is 10.4 Å². The first-order valence-electron chi connectivity index (χ1n) is 10.0. The first kappa shape index (κ1) is 21.4. The van der Waals surface area contributed by atoms with Gasteiger partial charge in [0.25, 0.3) is 0 Å². The van der Waals surface area contributed by atoms with Crippen LogP contribution in [0.2, 0.25) is 5.02 Å². The molecule has 9 nitrogen and oxygen atoms in total. The zero-order valence-corrected chi connectivity index (χ0v) is 18.2. The molecule has 0 aromatic carbocycles. The number of hydrogen-bond acceptors (Lipinski definition) is 7. The maximum absolute atomic E-state index is 14.4. The molecular weight excluding hydrogens is 466 g/mol. The van der Waals surface area contributed by atoms with Crippen LogP contribution in [-0.4, -0.2) is 67.9 Å². The van der Waals surface area contributed by atoms with Crippen LogP contribution in [0.3, 0.4) is 0 Å². The number of aliphatic hydroxyl groups excluding tert-OH is 1. The predicted octanol–water partition coefficient (Wildman–Crippen LogP) is 2.06. The van der Waals surface area contributed by atoms with Crippen molar-refractivity contribution in [1.82, 2.24) is 23.9 Å². The molecule has 5 rings (SSSR count). The van der Waals surface area contributed by atoms with Crippen LogP contribution in [0.25, 0.3) is 16.9 Å². The van der Waals surface area contributed by atoms with Crippen molar-refractivity contribution >= 4 is 33.1 Å². The van der Waals surface area contributed by atoms with Gasteiger partial charge in [0, 0.05) is 25.4 Å². The molecule has 0 bridgehead atoms. The normalized spacial score (nSPS) is 22.4. The van der Waals surface area contributed by atoms with Crippen LogP contribution in [0.1, 0.15) is 19.3 Å². The summed E-state index contributed by atoms with van der Waals surface area (Å²) in [4.78, 5) is 8.03. The van der Waals surface area contributed by atoms with E-state index in [0.717, 1.165) is 12.1 Å². The van der Waals surface area contributed by atoms with E-state index in [1.165, 1.54) is 21.2 Å². The maximum atomic E-state index is 14.4. The van der Waals surface area contributed by atoms with Crippen molar-refractivity contribution in [2.45, 2.75) is 36.7 Å². The Labute approximate surface area is 187 Å². The second kappa shape index (κ2) is 7.87. The summed E-state index contributed by atoms with van der Waals surface area (Å²) in [6.45, 7) is 0.237. The molecule has 3 aromatic heterocycles. The van der Waals surface area contributed by atoms with E-state index in [-0.39, 0.29) is 46.2 Å². The molecule has 2 N–H and O–H groups in total. The van der Waals surface area contributed by atoms with E-state index in [1.54, 1.807) is 0 Å². The molecule has 13 heteroatoms. The third-order valence-corrected chi connectivity index (χ3v) is 8.26. The molecule has 0 unspecified atom stereocenters. The number of anilines is 1. The Morgan fingerprint density at radius 2 is 1.91 bits per heavy atom. The number of fused-ring (bicyclic) bond motifs is 1. The third-order valence-electron chi connectivity index (χ3n) is 5.68. The van der Waals surface area contributed by atoms with Gasteiger partial charge in [0.15, 0.2) is 11.6 Å². The Kier molecular flexibility index (Phi) is 5.27. The monoisotopic (exact) mass is 484 g/mol. The molecule has 1 aliphatic carbocycles. The highest BCUT2D eigenvalue weighted by atomic mass is 35.5. The summed E-state index contributed by atoms with van der Waals surface area (Å²) in [5.74, 6) is -1.31. The Hall–Kier alpha value is -2.41. The summed E-state index contributed by atoms with van der Waals surface area (Å²) in [5, 5.41) is 17.5. The van der Waals surface area contributed by atoms with Crippen LogP contribution in [0.5, 0.6) is 0 Å². The number of sulfonamides is 1. The summed E-state index contributed by atoms with van der Waals surface area (Å²) in [6, 6.07) is 1.66. The van der Waals surface area contributed by atoms with Gasteiger partial charge in [-0.2, -0.15) is 4.31 Å². The fourth-order valence-electron chi connectivity index (χ4n) is 3.84. The first-order valence-corrected chi connectivity index (χ1v) is 11.9.